The van der Waals surface area contributed by atoms with Gasteiger partial charge in [0.2, 0.25) is 0 Å². The molecule has 2 N–H and O–H groups in total. The zero-order chi connectivity index (χ0) is 31.1. The molecule has 9 nitrogen and oxygen atoms in total. The minimum Gasteiger partial charge on any atom is -0.422 e. The van der Waals surface area contributed by atoms with E-state index in [0.29, 0.717) is 46.9 Å². The molecule has 2 bridgehead atoms. The standard InChI is InChI=1S/C35H29ClN4O5/c36-26-7-3-5-21(14-26)17-37-33(42)24-11-12-30(39-18-22-13-25(20-39)29-8-4-10-32(41)40(29)19-22)28(16-24)38-34(43)27-15-23-6-1-2-9-31(23)45-35(27)44/h1-12,14-16,22,25H,13,17-20H2,(H,37,42)(H,38,43). The van der Waals surface area contributed by atoms with Gasteiger partial charge in [0.25, 0.3) is 17.4 Å². The van der Waals surface area contributed by atoms with E-state index in [0.717, 1.165) is 23.4 Å². The van der Waals surface area contributed by atoms with Crippen molar-refractivity contribution in [3.8, 4) is 0 Å². The van der Waals surface area contributed by atoms with Crippen LogP contribution >= 0.6 is 11.6 Å². The second-order valence-electron chi connectivity index (χ2n) is 11.6. The van der Waals surface area contributed by atoms with Crippen LogP contribution in [0.15, 0.2) is 105 Å². The molecule has 5 aromatic rings. The molecule has 7 rings (SSSR count). The number of amides is 2. The lowest BCUT2D eigenvalue weighted by Crippen LogP contribution is -2.47. The summed E-state index contributed by atoms with van der Waals surface area (Å²) in [5.41, 5.74) is 2.81. The normalized spacial score (nSPS) is 17.0. The number of carbonyl (C=O) groups excluding carboxylic acids is 2. The van der Waals surface area contributed by atoms with Crippen molar-refractivity contribution >= 4 is 45.8 Å². The van der Waals surface area contributed by atoms with Gasteiger partial charge >= 0.3 is 5.63 Å². The van der Waals surface area contributed by atoms with Crippen LogP contribution in [0.5, 0.6) is 0 Å². The van der Waals surface area contributed by atoms with Gasteiger partial charge in [0.05, 0.1) is 11.4 Å². The van der Waals surface area contributed by atoms with Crippen LogP contribution in [0.2, 0.25) is 5.02 Å². The molecule has 10 heteroatoms. The number of piperidine rings is 1. The van der Waals surface area contributed by atoms with Gasteiger partial charge in [0.15, 0.2) is 0 Å². The third-order valence-corrected chi connectivity index (χ3v) is 8.79. The maximum Gasteiger partial charge on any atom is 0.349 e. The van der Waals surface area contributed by atoms with Crippen molar-refractivity contribution in [2.75, 3.05) is 23.3 Å². The number of halogens is 1. The zero-order valence-corrected chi connectivity index (χ0v) is 24.9. The maximum atomic E-state index is 13.6. The molecule has 2 aliphatic rings. The van der Waals surface area contributed by atoms with Crippen molar-refractivity contribution in [2.24, 2.45) is 5.92 Å². The van der Waals surface area contributed by atoms with Gasteiger partial charge in [-0.2, -0.15) is 0 Å². The first-order valence-electron chi connectivity index (χ1n) is 14.8. The van der Waals surface area contributed by atoms with Crippen LogP contribution in [0.25, 0.3) is 11.0 Å². The van der Waals surface area contributed by atoms with Crippen LogP contribution in [0, 0.1) is 5.92 Å². The Balaban J connectivity index is 1.21. The minimum absolute atomic E-state index is 0.00552. The molecule has 2 unspecified atom stereocenters. The van der Waals surface area contributed by atoms with Crippen LogP contribution in [-0.2, 0) is 13.1 Å². The van der Waals surface area contributed by atoms with E-state index < -0.39 is 11.5 Å². The Morgan fingerprint density at radius 2 is 1.71 bits per heavy atom. The fourth-order valence-electron chi connectivity index (χ4n) is 6.49. The quantitative estimate of drug-likeness (QED) is 0.245. The van der Waals surface area contributed by atoms with Crippen molar-refractivity contribution in [2.45, 2.75) is 25.4 Å². The van der Waals surface area contributed by atoms with Gasteiger partial charge in [-0.1, -0.05) is 48.0 Å². The molecule has 2 amide bonds. The number of para-hydroxylation sites is 1. The maximum absolute atomic E-state index is 13.6. The molecular weight excluding hydrogens is 592 g/mol. The van der Waals surface area contributed by atoms with Gasteiger partial charge in [-0.05, 0) is 66.4 Å². The number of pyridine rings is 1. The largest absolute Gasteiger partial charge is 0.422 e. The first-order chi connectivity index (χ1) is 21.8. The van der Waals surface area contributed by atoms with Crippen molar-refractivity contribution < 1.29 is 14.0 Å². The second kappa shape index (κ2) is 11.7. The molecule has 1 saturated heterocycles. The third kappa shape index (κ3) is 5.74. The van der Waals surface area contributed by atoms with E-state index in [2.05, 4.69) is 15.5 Å². The number of carbonyl (C=O) groups is 2. The Bertz CT molecular complexity index is 2090. The second-order valence-corrected chi connectivity index (χ2v) is 12.0. The Morgan fingerprint density at radius 3 is 2.58 bits per heavy atom. The fraction of sp³-hybridized carbons (Fsp3) is 0.200. The van der Waals surface area contributed by atoms with Gasteiger partial charge in [-0.3, -0.25) is 14.4 Å². The van der Waals surface area contributed by atoms with Crippen molar-refractivity contribution in [3.63, 3.8) is 0 Å². The molecule has 4 heterocycles. The zero-order valence-electron chi connectivity index (χ0n) is 24.2. The lowest BCUT2D eigenvalue weighted by Gasteiger charge is -2.44. The Morgan fingerprint density at radius 1 is 0.867 bits per heavy atom. The van der Waals surface area contributed by atoms with Gasteiger partial charge in [0, 0.05) is 59.8 Å². The Labute approximate surface area is 263 Å². The number of nitrogens with one attached hydrogen (secondary N) is 2. The molecule has 0 saturated carbocycles. The van der Waals surface area contributed by atoms with E-state index in [1.807, 2.05) is 28.8 Å². The number of hydrogen-bond donors (Lipinski definition) is 2. The highest BCUT2D eigenvalue weighted by atomic mass is 35.5. The number of hydrogen-bond acceptors (Lipinski definition) is 6. The SMILES string of the molecule is O=C(NCc1cccc(Cl)c1)c1ccc(N2CC3CC(C2)c2cccc(=O)n2C3)c(NC(=O)c2cc3ccccc3oc2=O)c1. The summed E-state index contributed by atoms with van der Waals surface area (Å²) >= 11 is 6.10. The van der Waals surface area contributed by atoms with E-state index in [-0.39, 0.29) is 35.4 Å². The summed E-state index contributed by atoms with van der Waals surface area (Å²) in [4.78, 5) is 54.4. The van der Waals surface area contributed by atoms with Gasteiger partial charge in [-0.15, -0.1) is 0 Å². The first kappa shape index (κ1) is 28.6. The highest BCUT2D eigenvalue weighted by Crippen LogP contribution is 2.39. The van der Waals surface area contributed by atoms with E-state index in [1.54, 1.807) is 60.7 Å². The van der Waals surface area contributed by atoms with Crippen molar-refractivity contribution in [1.82, 2.24) is 9.88 Å². The van der Waals surface area contributed by atoms with Gasteiger partial charge in [0.1, 0.15) is 11.1 Å². The molecule has 0 radical (unpaired) electrons. The van der Waals surface area contributed by atoms with Crippen LogP contribution < -0.4 is 26.7 Å². The molecule has 3 aromatic carbocycles. The Kier molecular flexibility index (Phi) is 7.47. The molecule has 0 spiro atoms. The molecule has 2 aliphatic heterocycles. The summed E-state index contributed by atoms with van der Waals surface area (Å²) in [6.45, 7) is 2.18. The van der Waals surface area contributed by atoms with E-state index in [1.165, 1.54) is 6.07 Å². The third-order valence-electron chi connectivity index (χ3n) is 8.56. The molecule has 226 valence electrons. The average Bonchev–Trinajstić information content (AvgIpc) is 3.03. The van der Waals surface area contributed by atoms with Crippen LogP contribution in [0.3, 0.4) is 0 Å². The predicted molar refractivity (Wildman–Crippen MR) is 173 cm³/mol. The topological polar surface area (TPSA) is 114 Å². The molecule has 45 heavy (non-hydrogen) atoms. The van der Waals surface area contributed by atoms with Crippen LogP contribution in [-0.4, -0.2) is 29.5 Å². The number of aromatic nitrogens is 1. The average molecular weight is 621 g/mol. The molecular formula is C35H29ClN4O5. The molecule has 2 atom stereocenters. The number of nitrogens with zero attached hydrogens (tertiary/aromatic N) is 2. The van der Waals surface area contributed by atoms with Gasteiger partial charge in [-0.25, -0.2) is 4.79 Å². The number of fused-ring (bicyclic) bond motifs is 5. The number of anilines is 2. The summed E-state index contributed by atoms with van der Waals surface area (Å²) in [7, 11) is 0. The summed E-state index contributed by atoms with van der Waals surface area (Å²) in [5, 5.41) is 7.01. The lowest BCUT2D eigenvalue weighted by molar-refractivity contribution is 0.0949. The summed E-state index contributed by atoms with van der Waals surface area (Å²) in [5.74, 6) is -0.608. The van der Waals surface area contributed by atoms with Crippen molar-refractivity contribution in [3.05, 3.63) is 139 Å². The first-order valence-corrected chi connectivity index (χ1v) is 15.2. The molecule has 1 fully saturated rings. The summed E-state index contributed by atoms with van der Waals surface area (Å²) < 4.78 is 7.27. The number of benzene rings is 3. The van der Waals surface area contributed by atoms with E-state index >= 15 is 0 Å². The molecule has 0 aliphatic carbocycles. The smallest absolute Gasteiger partial charge is 0.349 e. The summed E-state index contributed by atoms with van der Waals surface area (Å²) in [6.07, 6.45) is 0.962. The van der Waals surface area contributed by atoms with Gasteiger partial charge < -0.3 is 24.5 Å². The highest BCUT2D eigenvalue weighted by molar-refractivity contribution is 6.30. The molecule has 2 aromatic heterocycles. The number of rotatable bonds is 6. The summed E-state index contributed by atoms with van der Waals surface area (Å²) in [6, 6.07) is 26.3. The van der Waals surface area contributed by atoms with Crippen molar-refractivity contribution in [1.29, 1.82) is 0 Å². The highest BCUT2D eigenvalue weighted by Gasteiger charge is 2.35. The monoisotopic (exact) mass is 620 g/mol. The minimum atomic E-state index is -0.752. The lowest BCUT2D eigenvalue weighted by atomic mass is 9.83. The van der Waals surface area contributed by atoms with E-state index in [4.69, 9.17) is 16.0 Å². The predicted octanol–water partition coefficient (Wildman–Crippen LogP) is 5.41. The van der Waals surface area contributed by atoms with Crippen LogP contribution in [0.4, 0.5) is 11.4 Å². The fourth-order valence-corrected chi connectivity index (χ4v) is 6.70. The Hall–Kier alpha value is -5.15. The van der Waals surface area contributed by atoms with Crippen LogP contribution in [0.1, 0.15) is 44.3 Å². The van der Waals surface area contributed by atoms with E-state index in [9.17, 15) is 19.2 Å².